The van der Waals surface area contributed by atoms with Crippen molar-refractivity contribution in [1.29, 1.82) is 0 Å². The number of nitrogens with zero attached hydrogens (tertiary/aromatic N) is 1. The van der Waals surface area contributed by atoms with E-state index in [0.29, 0.717) is 18.5 Å². The van der Waals surface area contributed by atoms with Crippen LogP contribution in [0, 0.1) is 6.92 Å². The summed E-state index contributed by atoms with van der Waals surface area (Å²) in [5.41, 5.74) is 4.61. The fraction of sp³-hybridized carbons (Fsp3) is 0.241. The minimum atomic E-state index is -0.652. The number of Topliss-reactive ketones (excluding diaryl/α,β-unsaturated/α-hetero) is 1. The molecule has 5 rings (SSSR count). The standard InChI is InChI=1S/C29H27NO4/c1-18-8-10-21(11-9-18)26-25(27(31)22-12-13-24-23(17-22)16-19(2)34-24)28(32)29(33)30(26)15-14-20-6-4-3-5-7-20/h3-13,17,19,26,31H,14-16H2,1-2H3/b27-25+/t19-,26+/m0/s1. The molecule has 1 N–H and O–H groups in total. The lowest BCUT2D eigenvalue weighted by atomic mass is 9.94. The van der Waals surface area contributed by atoms with Crippen LogP contribution in [0.2, 0.25) is 0 Å². The largest absolute Gasteiger partial charge is 0.507 e. The number of carbonyl (C=O) groups excluding carboxylic acids is 2. The van der Waals surface area contributed by atoms with E-state index >= 15 is 0 Å². The van der Waals surface area contributed by atoms with Crippen LogP contribution >= 0.6 is 0 Å². The second-order valence-corrected chi connectivity index (χ2v) is 9.09. The number of benzene rings is 3. The Morgan fingerprint density at radius 1 is 1.03 bits per heavy atom. The zero-order chi connectivity index (χ0) is 23.8. The first-order valence-electron chi connectivity index (χ1n) is 11.6. The Morgan fingerprint density at radius 3 is 2.50 bits per heavy atom. The second kappa shape index (κ2) is 8.82. The quantitative estimate of drug-likeness (QED) is 0.336. The fourth-order valence-corrected chi connectivity index (χ4v) is 4.83. The highest BCUT2D eigenvalue weighted by Crippen LogP contribution is 2.40. The number of hydrogen-bond acceptors (Lipinski definition) is 4. The van der Waals surface area contributed by atoms with Crippen LogP contribution < -0.4 is 4.74 Å². The highest BCUT2D eigenvalue weighted by Gasteiger charge is 2.45. The van der Waals surface area contributed by atoms with E-state index in [-0.39, 0.29) is 17.4 Å². The van der Waals surface area contributed by atoms with E-state index in [4.69, 9.17) is 4.74 Å². The average Bonchev–Trinajstić information content (AvgIpc) is 3.34. The lowest BCUT2D eigenvalue weighted by Gasteiger charge is -2.25. The molecule has 2 aliphatic heterocycles. The Balaban J connectivity index is 1.57. The first-order valence-corrected chi connectivity index (χ1v) is 11.6. The van der Waals surface area contributed by atoms with Gasteiger partial charge in [-0.15, -0.1) is 0 Å². The zero-order valence-electron chi connectivity index (χ0n) is 19.3. The van der Waals surface area contributed by atoms with Crippen LogP contribution in [0.1, 0.15) is 40.8 Å². The van der Waals surface area contributed by atoms with Gasteiger partial charge in [-0.25, -0.2) is 0 Å². The van der Waals surface area contributed by atoms with Crippen LogP contribution in [0.5, 0.6) is 5.75 Å². The fourth-order valence-electron chi connectivity index (χ4n) is 4.83. The summed E-state index contributed by atoms with van der Waals surface area (Å²) in [6, 6.07) is 22.4. The maximum absolute atomic E-state index is 13.2. The van der Waals surface area contributed by atoms with Crippen molar-refractivity contribution in [2.75, 3.05) is 6.54 Å². The Labute approximate surface area is 199 Å². The predicted molar refractivity (Wildman–Crippen MR) is 131 cm³/mol. The van der Waals surface area contributed by atoms with Crippen molar-refractivity contribution in [2.24, 2.45) is 0 Å². The van der Waals surface area contributed by atoms with Crippen LogP contribution in [0.15, 0.2) is 78.4 Å². The Morgan fingerprint density at radius 2 is 1.76 bits per heavy atom. The molecule has 2 aliphatic rings. The summed E-state index contributed by atoms with van der Waals surface area (Å²) in [7, 11) is 0. The van der Waals surface area contributed by atoms with Crippen LogP contribution in [0.25, 0.3) is 5.76 Å². The molecule has 34 heavy (non-hydrogen) atoms. The van der Waals surface area contributed by atoms with Crippen molar-refractivity contribution in [1.82, 2.24) is 4.90 Å². The average molecular weight is 454 g/mol. The van der Waals surface area contributed by atoms with Crippen LogP contribution in [0.4, 0.5) is 0 Å². The molecule has 0 unspecified atom stereocenters. The van der Waals surface area contributed by atoms with E-state index in [9.17, 15) is 14.7 Å². The molecule has 1 saturated heterocycles. The Hall–Kier alpha value is -3.86. The van der Waals surface area contributed by atoms with Crippen molar-refractivity contribution >= 4 is 17.4 Å². The van der Waals surface area contributed by atoms with E-state index in [1.807, 2.05) is 80.6 Å². The molecular formula is C29H27NO4. The molecule has 5 heteroatoms. The minimum absolute atomic E-state index is 0.0727. The van der Waals surface area contributed by atoms with Crippen molar-refractivity contribution < 1.29 is 19.4 Å². The van der Waals surface area contributed by atoms with Crippen LogP contribution in [-0.4, -0.2) is 34.3 Å². The van der Waals surface area contributed by atoms with Gasteiger partial charge in [-0.2, -0.15) is 0 Å². The van der Waals surface area contributed by atoms with Gasteiger partial charge < -0.3 is 14.7 Å². The zero-order valence-corrected chi connectivity index (χ0v) is 19.3. The number of ether oxygens (including phenoxy) is 1. The summed E-state index contributed by atoms with van der Waals surface area (Å²) in [4.78, 5) is 28.0. The van der Waals surface area contributed by atoms with Gasteiger partial charge in [-0.1, -0.05) is 60.2 Å². The Bertz CT molecular complexity index is 1280. The third-order valence-corrected chi connectivity index (χ3v) is 6.59. The number of likely N-dealkylation sites (tertiary alicyclic amines) is 1. The number of aryl methyl sites for hydroxylation is 1. The van der Waals surface area contributed by atoms with E-state index in [1.165, 1.54) is 0 Å². The van der Waals surface area contributed by atoms with Gasteiger partial charge in [0.1, 0.15) is 17.6 Å². The molecule has 0 bridgehead atoms. The van der Waals surface area contributed by atoms with Crippen molar-refractivity contribution in [3.8, 4) is 5.75 Å². The highest BCUT2D eigenvalue weighted by atomic mass is 16.5. The third-order valence-electron chi connectivity index (χ3n) is 6.59. The molecule has 1 fully saturated rings. The van der Waals surface area contributed by atoms with E-state index in [2.05, 4.69) is 0 Å². The molecule has 0 aliphatic carbocycles. The number of amides is 1. The topological polar surface area (TPSA) is 66.8 Å². The maximum atomic E-state index is 13.2. The van der Waals surface area contributed by atoms with Crippen molar-refractivity contribution in [2.45, 2.75) is 38.8 Å². The summed E-state index contributed by atoms with van der Waals surface area (Å²) in [6.07, 6.45) is 1.43. The lowest BCUT2D eigenvalue weighted by Crippen LogP contribution is -2.31. The van der Waals surface area contributed by atoms with Gasteiger partial charge in [-0.05, 0) is 55.2 Å². The lowest BCUT2D eigenvalue weighted by molar-refractivity contribution is -0.139. The van der Waals surface area contributed by atoms with Gasteiger partial charge in [0.05, 0.1) is 11.6 Å². The molecule has 0 aromatic heterocycles. The van der Waals surface area contributed by atoms with Gasteiger partial charge in [0, 0.05) is 18.5 Å². The summed E-state index contributed by atoms with van der Waals surface area (Å²) in [6.45, 7) is 4.36. The summed E-state index contributed by atoms with van der Waals surface area (Å²) in [5, 5.41) is 11.3. The third kappa shape index (κ3) is 3.98. The molecule has 1 amide bonds. The Kier molecular flexibility index (Phi) is 5.70. The molecule has 0 saturated carbocycles. The summed E-state index contributed by atoms with van der Waals surface area (Å²) < 4.78 is 5.77. The van der Waals surface area contributed by atoms with Crippen LogP contribution in [0.3, 0.4) is 0 Å². The van der Waals surface area contributed by atoms with Gasteiger partial charge in [0.15, 0.2) is 0 Å². The van der Waals surface area contributed by atoms with Gasteiger partial charge in [-0.3, -0.25) is 9.59 Å². The minimum Gasteiger partial charge on any atom is -0.507 e. The SMILES string of the molecule is Cc1ccc([C@@H]2/C(=C(\O)c3ccc4c(c3)C[C@H](C)O4)C(=O)C(=O)N2CCc2ccccc2)cc1. The molecule has 5 nitrogen and oxygen atoms in total. The molecule has 172 valence electrons. The molecule has 3 aromatic rings. The van der Waals surface area contributed by atoms with Gasteiger partial charge >= 0.3 is 0 Å². The van der Waals surface area contributed by atoms with E-state index < -0.39 is 17.7 Å². The van der Waals surface area contributed by atoms with E-state index in [1.54, 1.807) is 11.0 Å². The number of fused-ring (bicyclic) bond motifs is 1. The number of carbonyl (C=O) groups is 2. The first-order chi connectivity index (χ1) is 16.4. The van der Waals surface area contributed by atoms with Crippen LogP contribution in [-0.2, 0) is 22.4 Å². The van der Waals surface area contributed by atoms with Gasteiger partial charge in [0.2, 0.25) is 0 Å². The first kappa shape index (κ1) is 22.0. The second-order valence-electron chi connectivity index (χ2n) is 9.09. The highest BCUT2D eigenvalue weighted by molar-refractivity contribution is 6.46. The molecule has 3 aromatic carbocycles. The van der Waals surface area contributed by atoms with Crippen molar-refractivity contribution in [3.05, 3.63) is 106 Å². The number of ketones is 1. The molecule has 0 radical (unpaired) electrons. The number of rotatable bonds is 5. The molecule has 0 spiro atoms. The summed E-state index contributed by atoms with van der Waals surface area (Å²) >= 11 is 0. The monoisotopic (exact) mass is 453 g/mol. The van der Waals surface area contributed by atoms with Crippen molar-refractivity contribution in [3.63, 3.8) is 0 Å². The normalized spacial score (nSPS) is 20.9. The summed E-state index contributed by atoms with van der Waals surface area (Å²) in [5.74, 6) is -0.585. The molecule has 2 heterocycles. The van der Waals surface area contributed by atoms with Gasteiger partial charge in [0.25, 0.3) is 11.7 Å². The van der Waals surface area contributed by atoms with E-state index in [0.717, 1.165) is 34.4 Å². The number of aliphatic hydroxyl groups excluding tert-OH is 1. The number of aliphatic hydroxyl groups is 1. The maximum Gasteiger partial charge on any atom is 0.295 e. The molecular weight excluding hydrogens is 426 g/mol. The predicted octanol–water partition coefficient (Wildman–Crippen LogP) is 4.98. The smallest absolute Gasteiger partial charge is 0.295 e. The molecule has 2 atom stereocenters. The number of hydrogen-bond donors (Lipinski definition) is 1.